The summed E-state index contributed by atoms with van der Waals surface area (Å²) in [7, 11) is 0. The lowest BCUT2D eigenvalue weighted by Crippen LogP contribution is -2.24. The molecule has 0 saturated carbocycles. The van der Waals surface area contributed by atoms with Gasteiger partial charge in [0.25, 0.3) is 0 Å². The molecule has 11 nitrogen and oxygen atoms in total. The molecule has 0 radical (unpaired) electrons. The summed E-state index contributed by atoms with van der Waals surface area (Å²) in [4.78, 5) is 16.9. The molecule has 0 aromatic carbocycles. The average Bonchev–Trinajstić information content (AvgIpc) is 3.32. The molecule has 1 saturated heterocycles. The molecule has 3 unspecified atom stereocenters. The van der Waals surface area contributed by atoms with Crippen molar-refractivity contribution in [3.05, 3.63) is 25.0 Å². The van der Waals surface area contributed by atoms with Crippen LogP contribution in [-0.2, 0) is 11.4 Å². The molecule has 0 amide bonds. The second-order valence-corrected chi connectivity index (χ2v) is 5.78. The number of nitrogens with zero attached hydrogens (tertiary/aromatic N) is 6. The Bertz CT molecular complexity index is 864. The van der Waals surface area contributed by atoms with E-state index in [1.54, 1.807) is 23.4 Å². The number of aliphatic hydroxyl groups is 2. The van der Waals surface area contributed by atoms with Crippen molar-refractivity contribution in [2.24, 2.45) is 0 Å². The van der Waals surface area contributed by atoms with E-state index in [4.69, 9.17) is 10.5 Å². The first-order chi connectivity index (χ1) is 12.2. The first kappa shape index (κ1) is 15.7. The summed E-state index contributed by atoms with van der Waals surface area (Å²) in [5, 5.41) is 22.2. The van der Waals surface area contributed by atoms with Crippen molar-refractivity contribution in [2.75, 3.05) is 17.7 Å². The predicted octanol–water partition coefficient (Wildman–Crippen LogP) is -0.685. The van der Waals surface area contributed by atoms with Gasteiger partial charge in [0.2, 0.25) is 5.95 Å². The molecule has 1 aliphatic rings. The highest BCUT2D eigenvalue weighted by molar-refractivity contribution is 5.82. The molecule has 0 aliphatic carbocycles. The quantitative estimate of drug-likeness (QED) is 0.471. The molecule has 3 aromatic rings. The number of ether oxygens (including phenoxy) is 1. The van der Waals surface area contributed by atoms with Crippen LogP contribution >= 0.6 is 0 Å². The summed E-state index contributed by atoms with van der Waals surface area (Å²) in [6.07, 6.45) is 5.18. The second-order valence-electron chi connectivity index (χ2n) is 5.78. The molecule has 1 aliphatic heterocycles. The van der Waals surface area contributed by atoms with E-state index >= 15 is 0 Å². The Kier molecular flexibility index (Phi) is 3.95. The highest BCUT2D eigenvalue weighted by Crippen LogP contribution is 2.31. The van der Waals surface area contributed by atoms with Crippen LogP contribution in [0.4, 0.5) is 11.8 Å². The van der Waals surface area contributed by atoms with E-state index in [9.17, 15) is 10.2 Å². The Balaban J connectivity index is 1.62. The number of nitrogens with one attached hydrogen (secondary N) is 1. The van der Waals surface area contributed by atoms with Gasteiger partial charge in [-0.25, -0.2) is 9.97 Å². The van der Waals surface area contributed by atoms with Gasteiger partial charge in [0.1, 0.15) is 17.8 Å². The third kappa shape index (κ3) is 2.88. The van der Waals surface area contributed by atoms with Crippen molar-refractivity contribution in [1.29, 1.82) is 0 Å². The van der Waals surface area contributed by atoms with E-state index in [0.717, 1.165) is 0 Å². The van der Waals surface area contributed by atoms with Gasteiger partial charge >= 0.3 is 0 Å². The van der Waals surface area contributed by atoms with E-state index in [2.05, 4.69) is 25.3 Å². The number of hydrogen-bond acceptors (Lipinski definition) is 9. The summed E-state index contributed by atoms with van der Waals surface area (Å²) in [5.41, 5.74) is 6.94. The SMILES string of the molecule is Nc1nc(NCn2ccnc2)nc2c1ncn2C1CC(O)C(CO)O1. The number of nitrogen functional groups attached to an aromatic ring is 1. The zero-order valence-corrected chi connectivity index (χ0v) is 13.2. The van der Waals surface area contributed by atoms with Crippen molar-refractivity contribution in [2.45, 2.75) is 31.5 Å². The number of anilines is 2. The number of hydrogen-bond donors (Lipinski definition) is 4. The minimum atomic E-state index is -0.745. The second kappa shape index (κ2) is 6.27. The third-order valence-electron chi connectivity index (χ3n) is 4.12. The molecule has 0 bridgehead atoms. The van der Waals surface area contributed by atoms with Gasteiger partial charge in [-0.2, -0.15) is 9.97 Å². The highest BCUT2D eigenvalue weighted by atomic mass is 16.5. The van der Waals surface area contributed by atoms with Crippen molar-refractivity contribution in [3.63, 3.8) is 0 Å². The standard InChI is InChI=1S/C14H18N8O3/c15-12-11-13(20-14(19-12)18-6-21-2-1-16-5-21)22(7-17-11)10-3-8(24)9(4-23)25-10/h1-2,5,7-10,23-24H,3-4,6H2,(H3,15,18,19,20). The zero-order chi connectivity index (χ0) is 17.4. The van der Waals surface area contributed by atoms with Crippen molar-refractivity contribution in [3.8, 4) is 0 Å². The summed E-state index contributed by atoms with van der Waals surface area (Å²) in [6.45, 7) is 0.184. The van der Waals surface area contributed by atoms with Gasteiger partial charge in [0.15, 0.2) is 11.5 Å². The van der Waals surface area contributed by atoms with Gasteiger partial charge in [-0.3, -0.25) is 4.57 Å². The fourth-order valence-corrected chi connectivity index (χ4v) is 2.82. The molecule has 25 heavy (non-hydrogen) atoms. The molecule has 4 rings (SSSR count). The lowest BCUT2D eigenvalue weighted by atomic mass is 10.2. The molecule has 1 fully saturated rings. The van der Waals surface area contributed by atoms with Crippen LogP contribution in [0.3, 0.4) is 0 Å². The summed E-state index contributed by atoms with van der Waals surface area (Å²) in [6, 6.07) is 0. The Labute approximate surface area is 142 Å². The van der Waals surface area contributed by atoms with Crippen LogP contribution in [0.15, 0.2) is 25.0 Å². The molecule has 132 valence electrons. The topological polar surface area (TPSA) is 149 Å². The van der Waals surface area contributed by atoms with Gasteiger partial charge in [-0.15, -0.1) is 0 Å². The van der Waals surface area contributed by atoms with Crippen molar-refractivity contribution >= 4 is 22.9 Å². The van der Waals surface area contributed by atoms with E-state index < -0.39 is 18.4 Å². The van der Waals surface area contributed by atoms with Gasteiger partial charge in [-0.1, -0.05) is 0 Å². The molecular weight excluding hydrogens is 328 g/mol. The zero-order valence-electron chi connectivity index (χ0n) is 13.2. The van der Waals surface area contributed by atoms with E-state index in [1.807, 2.05) is 10.8 Å². The van der Waals surface area contributed by atoms with Gasteiger partial charge in [0.05, 0.1) is 32.0 Å². The number of rotatable bonds is 5. The molecule has 3 atom stereocenters. The van der Waals surface area contributed by atoms with Crippen LogP contribution in [0.1, 0.15) is 12.6 Å². The van der Waals surface area contributed by atoms with Gasteiger partial charge in [-0.05, 0) is 0 Å². The minimum absolute atomic E-state index is 0.245. The van der Waals surface area contributed by atoms with Crippen LogP contribution < -0.4 is 11.1 Å². The van der Waals surface area contributed by atoms with Crippen molar-refractivity contribution < 1.29 is 14.9 Å². The average molecular weight is 346 g/mol. The van der Waals surface area contributed by atoms with E-state index in [1.165, 1.54) is 0 Å². The molecule has 5 N–H and O–H groups in total. The molecule has 4 heterocycles. The van der Waals surface area contributed by atoms with Gasteiger partial charge in [0, 0.05) is 18.8 Å². The normalized spacial score (nSPS) is 23.4. The number of aliphatic hydroxyl groups excluding tert-OH is 2. The van der Waals surface area contributed by atoms with Crippen LogP contribution in [0.2, 0.25) is 0 Å². The van der Waals surface area contributed by atoms with Gasteiger partial charge < -0.3 is 30.6 Å². The Morgan fingerprint density at radius 3 is 2.96 bits per heavy atom. The maximum absolute atomic E-state index is 9.93. The summed E-state index contributed by atoms with van der Waals surface area (Å²) < 4.78 is 9.17. The van der Waals surface area contributed by atoms with E-state index in [0.29, 0.717) is 30.2 Å². The Morgan fingerprint density at radius 1 is 1.36 bits per heavy atom. The van der Waals surface area contributed by atoms with Crippen LogP contribution in [-0.4, -0.2) is 58.1 Å². The number of fused-ring (bicyclic) bond motifs is 1. The molecule has 0 spiro atoms. The van der Waals surface area contributed by atoms with Crippen molar-refractivity contribution in [1.82, 2.24) is 29.1 Å². The molecule has 11 heteroatoms. The number of imidazole rings is 2. The summed E-state index contributed by atoms with van der Waals surface area (Å²) in [5.74, 6) is 0.590. The number of aromatic nitrogens is 6. The maximum Gasteiger partial charge on any atom is 0.228 e. The largest absolute Gasteiger partial charge is 0.394 e. The molecule has 3 aromatic heterocycles. The third-order valence-corrected chi connectivity index (χ3v) is 4.12. The highest BCUT2D eigenvalue weighted by Gasteiger charge is 2.35. The lowest BCUT2D eigenvalue weighted by molar-refractivity contribution is -0.0432. The number of nitrogens with two attached hydrogens (primary N) is 1. The smallest absolute Gasteiger partial charge is 0.228 e. The summed E-state index contributed by atoms with van der Waals surface area (Å²) >= 11 is 0. The van der Waals surface area contributed by atoms with E-state index in [-0.39, 0.29) is 12.4 Å². The lowest BCUT2D eigenvalue weighted by Gasteiger charge is -2.14. The fraction of sp³-hybridized carbons (Fsp3) is 0.429. The van der Waals surface area contributed by atoms with Crippen LogP contribution in [0.5, 0.6) is 0 Å². The first-order valence-electron chi connectivity index (χ1n) is 7.79. The minimum Gasteiger partial charge on any atom is -0.394 e. The molecular formula is C14H18N8O3. The monoisotopic (exact) mass is 346 g/mol. The Hall–Kier alpha value is -2.76. The first-order valence-corrected chi connectivity index (χ1v) is 7.79. The fourth-order valence-electron chi connectivity index (χ4n) is 2.82. The maximum atomic E-state index is 9.93. The van der Waals surface area contributed by atoms with Crippen LogP contribution in [0.25, 0.3) is 11.2 Å². The Morgan fingerprint density at radius 2 is 2.24 bits per heavy atom. The predicted molar refractivity (Wildman–Crippen MR) is 87.2 cm³/mol. The van der Waals surface area contributed by atoms with Crippen LogP contribution in [0, 0.1) is 0 Å².